The van der Waals surface area contributed by atoms with E-state index in [1.807, 2.05) is 25.1 Å². The van der Waals surface area contributed by atoms with Crippen molar-refractivity contribution >= 4 is 27.5 Å². The zero-order valence-electron chi connectivity index (χ0n) is 11.4. The lowest BCUT2D eigenvalue weighted by molar-refractivity contribution is 0.0650. The summed E-state index contributed by atoms with van der Waals surface area (Å²) in [6, 6.07) is 8.01. The minimum atomic E-state index is 0.212. The lowest BCUT2D eigenvalue weighted by atomic mass is 9.87. The summed E-state index contributed by atoms with van der Waals surface area (Å²) in [6.07, 6.45) is 2.16. The molecule has 0 heterocycles. The first-order valence-electron chi connectivity index (χ1n) is 6.42. The molecule has 1 aromatic carbocycles. The molecule has 0 fully saturated rings. The Morgan fingerprint density at radius 2 is 2.00 bits per heavy atom. The molecule has 1 rings (SSSR count). The first kappa shape index (κ1) is 16.0. The van der Waals surface area contributed by atoms with E-state index in [9.17, 15) is 0 Å². The molecule has 0 spiro atoms. The van der Waals surface area contributed by atoms with Crippen LogP contribution in [0.5, 0.6) is 0 Å². The van der Waals surface area contributed by atoms with Gasteiger partial charge in [0.15, 0.2) is 0 Å². The average Bonchev–Trinajstić information content (AvgIpc) is 2.34. The Hall–Kier alpha value is -0.0500. The van der Waals surface area contributed by atoms with Crippen LogP contribution < -0.4 is 0 Å². The summed E-state index contributed by atoms with van der Waals surface area (Å²) in [5.41, 5.74) is 1.38. The number of rotatable bonds is 7. The van der Waals surface area contributed by atoms with Gasteiger partial charge in [-0.15, -0.1) is 0 Å². The van der Waals surface area contributed by atoms with Crippen LogP contribution in [0.15, 0.2) is 24.3 Å². The van der Waals surface area contributed by atoms with Gasteiger partial charge in [-0.25, -0.2) is 0 Å². The van der Waals surface area contributed by atoms with Crippen molar-refractivity contribution in [1.29, 1.82) is 0 Å². The highest BCUT2D eigenvalue weighted by Gasteiger charge is 2.20. The van der Waals surface area contributed by atoms with E-state index in [2.05, 4.69) is 35.8 Å². The number of hydrogen-bond acceptors (Lipinski definition) is 1. The normalized spacial score (nSPS) is 13.6. The van der Waals surface area contributed by atoms with Crippen LogP contribution in [-0.2, 0) is 4.74 Å². The third-order valence-electron chi connectivity index (χ3n) is 3.01. The number of hydrogen-bond donors (Lipinski definition) is 0. The SMILES string of the molecule is CCOCC(C)(C)CCC(Br)c1ccccc1Cl. The smallest absolute Gasteiger partial charge is 0.0516 e. The van der Waals surface area contributed by atoms with Crippen molar-refractivity contribution in [2.45, 2.75) is 38.4 Å². The maximum Gasteiger partial charge on any atom is 0.0516 e. The second kappa shape index (κ2) is 7.52. The van der Waals surface area contributed by atoms with Gasteiger partial charge in [0.25, 0.3) is 0 Å². The standard InChI is InChI=1S/C15H22BrClO/c1-4-18-11-15(2,3)10-9-13(16)12-7-5-6-8-14(12)17/h5-8,13H,4,9-11H2,1-3H3. The largest absolute Gasteiger partial charge is 0.381 e. The third-order valence-corrected chi connectivity index (χ3v) is 4.31. The van der Waals surface area contributed by atoms with Crippen LogP contribution in [-0.4, -0.2) is 13.2 Å². The molecule has 3 heteroatoms. The van der Waals surface area contributed by atoms with Gasteiger partial charge in [0.2, 0.25) is 0 Å². The zero-order valence-corrected chi connectivity index (χ0v) is 13.7. The third kappa shape index (κ3) is 5.29. The van der Waals surface area contributed by atoms with Gasteiger partial charge in [0, 0.05) is 16.5 Å². The minimum Gasteiger partial charge on any atom is -0.381 e. The first-order chi connectivity index (χ1) is 8.46. The van der Waals surface area contributed by atoms with Crippen LogP contribution >= 0.6 is 27.5 Å². The fourth-order valence-electron chi connectivity index (χ4n) is 1.85. The molecule has 1 nitrogen and oxygen atoms in total. The highest BCUT2D eigenvalue weighted by atomic mass is 79.9. The molecule has 1 unspecified atom stereocenters. The van der Waals surface area contributed by atoms with Gasteiger partial charge in [-0.3, -0.25) is 0 Å². The Morgan fingerprint density at radius 1 is 1.33 bits per heavy atom. The quantitative estimate of drug-likeness (QED) is 0.588. The summed E-state index contributed by atoms with van der Waals surface area (Å²) < 4.78 is 5.52. The summed E-state index contributed by atoms with van der Waals surface area (Å²) >= 11 is 9.93. The Morgan fingerprint density at radius 3 is 2.61 bits per heavy atom. The maximum absolute atomic E-state index is 6.20. The molecule has 18 heavy (non-hydrogen) atoms. The van der Waals surface area contributed by atoms with Crippen molar-refractivity contribution < 1.29 is 4.74 Å². The predicted molar refractivity (Wildman–Crippen MR) is 82.6 cm³/mol. The molecule has 0 aliphatic heterocycles. The van der Waals surface area contributed by atoms with Crippen molar-refractivity contribution in [3.63, 3.8) is 0 Å². The van der Waals surface area contributed by atoms with E-state index >= 15 is 0 Å². The number of halogens is 2. The first-order valence-corrected chi connectivity index (χ1v) is 7.72. The maximum atomic E-state index is 6.20. The molecule has 0 radical (unpaired) electrons. The molecule has 1 atom stereocenters. The van der Waals surface area contributed by atoms with Crippen LogP contribution in [0.1, 0.15) is 44.0 Å². The summed E-state index contributed by atoms with van der Waals surface area (Å²) in [7, 11) is 0. The van der Waals surface area contributed by atoms with Crippen molar-refractivity contribution in [2.75, 3.05) is 13.2 Å². The molecule has 0 bridgehead atoms. The summed E-state index contributed by atoms with van der Waals surface area (Å²) in [6.45, 7) is 8.12. The van der Waals surface area contributed by atoms with Gasteiger partial charge in [-0.05, 0) is 36.8 Å². The second-order valence-electron chi connectivity index (χ2n) is 5.33. The molecule has 0 N–H and O–H groups in total. The Kier molecular flexibility index (Phi) is 6.68. The van der Waals surface area contributed by atoms with Gasteiger partial charge in [0.1, 0.15) is 0 Å². The van der Waals surface area contributed by atoms with Crippen LogP contribution in [0.25, 0.3) is 0 Å². The minimum absolute atomic E-state index is 0.212. The molecular formula is C15H22BrClO. The molecule has 102 valence electrons. The Balaban J connectivity index is 2.51. The van der Waals surface area contributed by atoms with Crippen LogP contribution in [0.3, 0.4) is 0 Å². The van der Waals surface area contributed by atoms with E-state index in [1.165, 1.54) is 5.56 Å². The van der Waals surface area contributed by atoms with E-state index in [4.69, 9.17) is 16.3 Å². The second-order valence-corrected chi connectivity index (χ2v) is 6.84. The monoisotopic (exact) mass is 332 g/mol. The summed E-state index contributed by atoms with van der Waals surface area (Å²) in [5, 5.41) is 0.835. The number of benzene rings is 1. The van der Waals surface area contributed by atoms with Crippen LogP contribution in [0, 0.1) is 5.41 Å². The Labute approximate surface area is 124 Å². The van der Waals surface area contributed by atoms with Crippen LogP contribution in [0.2, 0.25) is 5.02 Å². The van der Waals surface area contributed by atoms with Crippen molar-refractivity contribution in [3.05, 3.63) is 34.9 Å². The van der Waals surface area contributed by atoms with Gasteiger partial charge in [-0.2, -0.15) is 0 Å². The predicted octanol–water partition coefficient (Wildman–Crippen LogP) is 5.62. The number of ether oxygens (including phenoxy) is 1. The van der Waals surface area contributed by atoms with Crippen molar-refractivity contribution in [1.82, 2.24) is 0 Å². The van der Waals surface area contributed by atoms with Gasteiger partial charge >= 0.3 is 0 Å². The molecule has 0 amide bonds. The van der Waals surface area contributed by atoms with Crippen LogP contribution in [0.4, 0.5) is 0 Å². The molecular weight excluding hydrogens is 312 g/mol. The topological polar surface area (TPSA) is 9.23 Å². The molecule has 0 aromatic heterocycles. The van der Waals surface area contributed by atoms with E-state index in [1.54, 1.807) is 0 Å². The fourth-order valence-corrected chi connectivity index (χ4v) is 2.88. The van der Waals surface area contributed by atoms with Crippen molar-refractivity contribution in [3.8, 4) is 0 Å². The molecule has 1 aromatic rings. The molecule has 0 saturated carbocycles. The van der Waals surface area contributed by atoms with Gasteiger partial charge < -0.3 is 4.74 Å². The highest BCUT2D eigenvalue weighted by molar-refractivity contribution is 9.09. The van der Waals surface area contributed by atoms with E-state index in [0.29, 0.717) is 4.83 Å². The number of alkyl halides is 1. The summed E-state index contributed by atoms with van der Waals surface area (Å²) in [4.78, 5) is 0.312. The van der Waals surface area contributed by atoms with Gasteiger partial charge in [-0.1, -0.05) is 59.6 Å². The molecule has 0 aliphatic carbocycles. The van der Waals surface area contributed by atoms with E-state index < -0.39 is 0 Å². The van der Waals surface area contributed by atoms with E-state index in [0.717, 1.165) is 31.1 Å². The van der Waals surface area contributed by atoms with E-state index in [-0.39, 0.29) is 5.41 Å². The van der Waals surface area contributed by atoms with Crippen molar-refractivity contribution in [2.24, 2.45) is 5.41 Å². The fraction of sp³-hybridized carbons (Fsp3) is 0.600. The zero-order chi connectivity index (χ0) is 13.6. The molecule has 0 aliphatic rings. The highest BCUT2D eigenvalue weighted by Crippen LogP contribution is 2.36. The summed E-state index contributed by atoms with van der Waals surface area (Å²) in [5.74, 6) is 0. The molecule has 0 saturated heterocycles. The average molecular weight is 334 g/mol. The lowest BCUT2D eigenvalue weighted by Crippen LogP contribution is -2.19. The lowest BCUT2D eigenvalue weighted by Gasteiger charge is -2.25. The van der Waals surface area contributed by atoms with Gasteiger partial charge in [0.05, 0.1) is 6.61 Å². The Bertz CT molecular complexity index is 365.